The van der Waals surface area contributed by atoms with Gasteiger partial charge in [0.15, 0.2) is 0 Å². The molecule has 0 aliphatic heterocycles. The molecule has 0 aliphatic rings. The fraction of sp³-hybridized carbons (Fsp3) is 1.00. The minimum Gasteiger partial charge on any atom is -0.390 e. The lowest BCUT2D eigenvalue weighted by Crippen LogP contribution is -2.43. The third-order valence-corrected chi connectivity index (χ3v) is 2.81. The first-order valence-corrected chi connectivity index (χ1v) is 5.07. The molecular weight excluding hydrogens is 150 g/mol. The summed E-state index contributed by atoms with van der Waals surface area (Å²) in [5, 5.41) is 0. The van der Waals surface area contributed by atoms with E-state index < -0.39 is 14.3 Å². The average Bonchev–Trinajstić information content (AvgIpc) is 1.60. The predicted octanol–water partition coefficient (Wildman–Crippen LogP) is -1.15. The maximum absolute atomic E-state index is 8.76. The van der Waals surface area contributed by atoms with Gasteiger partial charge in [0.25, 0.3) is 0 Å². The largest absolute Gasteiger partial charge is 0.497 e. The molecule has 5 heteroatoms. The summed E-state index contributed by atoms with van der Waals surface area (Å²) in [5.41, 5.74) is -0.428. The molecule has 3 N–H and O–H groups in total. The molecule has 0 fully saturated rings. The van der Waals surface area contributed by atoms with E-state index >= 15 is 0 Å². The summed E-state index contributed by atoms with van der Waals surface area (Å²) in [6.07, 6.45) is 0. The van der Waals surface area contributed by atoms with E-state index in [2.05, 4.69) is 0 Å². The van der Waals surface area contributed by atoms with E-state index in [0.29, 0.717) is 6.54 Å². The van der Waals surface area contributed by atoms with Crippen LogP contribution in [0.4, 0.5) is 0 Å². The minimum atomic E-state index is -3.87. The lowest BCUT2D eigenvalue weighted by atomic mass is 10.4. The van der Waals surface area contributed by atoms with Gasteiger partial charge in [-0.15, -0.1) is 0 Å². The molecular formula is C5H15NO3Si. The van der Waals surface area contributed by atoms with Crippen LogP contribution < -0.4 is 0 Å². The maximum Gasteiger partial charge on any atom is 0.497 e. The highest BCUT2D eigenvalue weighted by atomic mass is 28.4. The molecule has 0 bridgehead atoms. The highest BCUT2D eigenvalue weighted by Crippen LogP contribution is 2.12. The molecule has 0 amide bonds. The monoisotopic (exact) mass is 165 g/mol. The Morgan fingerprint density at radius 1 is 1.30 bits per heavy atom. The van der Waals surface area contributed by atoms with Gasteiger partial charge >= 0.3 is 8.80 Å². The number of hydrogen-bond acceptors (Lipinski definition) is 4. The van der Waals surface area contributed by atoms with Crippen molar-refractivity contribution >= 4 is 8.80 Å². The van der Waals surface area contributed by atoms with Crippen LogP contribution in [0.5, 0.6) is 0 Å². The van der Waals surface area contributed by atoms with E-state index in [9.17, 15) is 0 Å². The zero-order chi connectivity index (χ0) is 8.36. The normalized spacial score (nSPS) is 15.9. The summed E-state index contributed by atoms with van der Waals surface area (Å²) in [6, 6.07) is 0. The van der Waals surface area contributed by atoms with E-state index in [4.69, 9.17) is 14.4 Å². The Balaban J connectivity index is 3.73. The number of nitrogens with zero attached hydrogens (tertiary/aromatic N) is 1. The second kappa shape index (κ2) is 3.45. The molecule has 0 aromatic carbocycles. The van der Waals surface area contributed by atoms with Crippen LogP contribution in [0, 0.1) is 0 Å². The molecule has 0 rings (SSSR count). The molecule has 0 spiro atoms. The van der Waals surface area contributed by atoms with Gasteiger partial charge in [0.1, 0.15) is 0 Å². The molecule has 10 heavy (non-hydrogen) atoms. The van der Waals surface area contributed by atoms with Gasteiger partial charge in [-0.3, -0.25) is 0 Å². The average molecular weight is 165 g/mol. The molecule has 0 aromatic rings. The first-order valence-electron chi connectivity index (χ1n) is 3.16. The smallest absolute Gasteiger partial charge is 0.390 e. The van der Waals surface area contributed by atoms with Gasteiger partial charge in [-0.05, 0) is 14.1 Å². The molecule has 62 valence electrons. The summed E-state index contributed by atoms with van der Waals surface area (Å²) in [4.78, 5) is 28.1. The van der Waals surface area contributed by atoms with Gasteiger partial charge in [0.2, 0.25) is 0 Å². The molecule has 0 heterocycles. The molecule has 0 saturated carbocycles. The van der Waals surface area contributed by atoms with Crippen LogP contribution in [0.3, 0.4) is 0 Å². The zero-order valence-electron chi connectivity index (χ0n) is 6.57. The Morgan fingerprint density at radius 2 is 1.70 bits per heavy atom. The molecule has 0 aliphatic carbocycles. The highest BCUT2D eigenvalue weighted by Gasteiger charge is 2.35. The highest BCUT2D eigenvalue weighted by molar-refractivity contribution is 6.57. The quantitative estimate of drug-likeness (QED) is 0.462. The fourth-order valence-electron chi connectivity index (χ4n) is 0.670. The van der Waals surface area contributed by atoms with Gasteiger partial charge in [-0.1, -0.05) is 6.92 Å². The van der Waals surface area contributed by atoms with Crippen LogP contribution in [0.2, 0.25) is 5.54 Å². The van der Waals surface area contributed by atoms with Crippen LogP contribution >= 0.6 is 0 Å². The Labute approximate surface area is 62.1 Å². The summed E-state index contributed by atoms with van der Waals surface area (Å²) < 4.78 is 0. The molecule has 0 saturated heterocycles. The first-order chi connectivity index (χ1) is 4.34. The van der Waals surface area contributed by atoms with Crippen molar-refractivity contribution in [2.75, 3.05) is 20.6 Å². The van der Waals surface area contributed by atoms with Crippen molar-refractivity contribution in [1.82, 2.24) is 4.90 Å². The lowest BCUT2D eigenvalue weighted by Gasteiger charge is -2.21. The third kappa shape index (κ3) is 3.97. The lowest BCUT2D eigenvalue weighted by molar-refractivity contribution is 0.201. The molecule has 4 nitrogen and oxygen atoms in total. The molecule has 0 radical (unpaired) electrons. The third-order valence-electron chi connectivity index (χ3n) is 1.30. The van der Waals surface area contributed by atoms with Crippen molar-refractivity contribution in [3.63, 3.8) is 0 Å². The summed E-state index contributed by atoms with van der Waals surface area (Å²) in [7, 11) is -0.233. The maximum atomic E-state index is 8.76. The zero-order valence-corrected chi connectivity index (χ0v) is 7.57. The van der Waals surface area contributed by atoms with Gasteiger partial charge in [0.05, 0.1) is 0 Å². The number of rotatable bonds is 3. The van der Waals surface area contributed by atoms with Crippen molar-refractivity contribution in [1.29, 1.82) is 0 Å². The standard InChI is InChI=1S/C5H15NO3Si/c1-5(4-6(2)3)10(7,8)9/h5,7-9H,4H2,1-3H3. The van der Waals surface area contributed by atoms with E-state index in [0.717, 1.165) is 0 Å². The molecule has 0 aromatic heterocycles. The van der Waals surface area contributed by atoms with E-state index in [1.54, 1.807) is 11.8 Å². The second-order valence-corrected chi connectivity index (χ2v) is 5.21. The van der Waals surface area contributed by atoms with Crippen molar-refractivity contribution in [3.8, 4) is 0 Å². The van der Waals surface area contributed by atoms with Gasteiger partial charge in [0, 0.05) is 12.1 Å². The van der Waals surface area contributed by atoms with Crippen LogP contribution in [-0.2, 0) is 0 Å². The summed E-state index contributed by atoms with van der Waals surface area (Å²) >= 11 is 0. The van der Waals surface area contributed by atoms with Crippen LogP contribution in [0.15, 0.2) is 0 Å². The van der Waals surface area contributed by atoms with E-state index in [1.807, 2.05) is 14.1 Å². The Bertz CT molecular complexity index is 102. The molecule has 1 unspecified atom stereocenters. The van der Waals surface area contributed by atoms with E-state index in [1.165, 1.54) is 0 Å². The first kappa shape index (κ1) is 10.1. The summed E-state index contributed by atoms with van der Waals surface area (Å²) in [5.74, 6) is 0. The topological polar surface area (TPSA) is 63.9 Å². The van der Waals surface area contributed by atoms with Gasteiger partial charge < -0.3 is 19.3 Å². The van der Waals surface area contributed by atoms with Crippen LogP contribution in [0.1, 0.15) is 6.92 Å². The summed E-state index contributed by atoms with van der Waals surface area (Å²) in [6.45, 7) is 2.11. The van der Waals surface area contributed by atoms with Gasteiger partial charge in [-0.2, -0.15) is 0 Å². The van der Waals surface area contributed by atoms with Crippen LogP contribution in [-0.4, -0.2) is 48.7 Å². The second-order valence-electron chi connectivity index (χ2n) is 2.85. The van der Waals surface area contributed by atoms with Gasteiger partial charge in [-0.25, -0.2) is 0 Å². The SMILES string of the molecule is CC(CN(C)C)[Si](O)(O)O. The Morgan fingerprint density at radius 3 is 1.80 bits per heavy atom. The number of hydrogen-bond donors (Lipinski definition) is 3. The van der Waals surface area contributed by atoms with Crippen LogP contribution in [0.25, 0.3) is 0 Å². The van der Waals surface area contributed by atoms with Crippen molar-refractivity contribution in [3.05, 3.63) is 0 Å². The van der Waals surface area contributed by atoms with Crippen molar-refractivity contribution in [2.24, 2.45) is 0 Å². The Hall–Kier alpha value is 0.0569. The minimum absolute atomic E-state index is 0.428. The predicted molar refractivity (Wildman–Crippen MR) is 40.4 cm³/mol. The Kier molecular flexibility index (Phi) is 3.47. The van der Waals surface area contributed by atoms with Crippen molar-refractivity contribution in [2.45, 2.75) is 12.5 Å². The van der Waals surface area contributed by atoms with E-state index in [-0.39, 0.29) is 0 Å². The fourth-order valence-corrected chi connectivity index (χ4v) is 1.28. The van der Waals surface area contributed by atoms with Crippen molar-refractivity contribution < 1.29 is 14.4 Å². The molecule has 1 atom stereocenters.